The minimum atomic E-state index is 1.27. The first-order chi connectivity index (χ1) is 9.34. The van der Waals surface area contributed by atoms with Crippen LogP contribution in [0.5, 0.6) is 0 Å². The van der Waals surface area contributed by atoms with Gasteiger partial charge in [0.1, 0.15) is 0 Å². The van der Waals surface area contributed by atoms with E-state index in [9.17, 15) is 0 Å². The van der Waals surface area contributed by atoms with Crippen LogP contribution in [0, 0.1) is 6.92 Å². The molecule has 1 nitrogen and oxygen atoms in total. The van der Waals surface area contributed by atoms with Gasteiger partial charge in [0.25, 0.3) is 0 Å². The zero-order valence-corrected chi connectivity index (χ0v) is 10.8. The lowest BCUT2D eigenvalue weighted by molar-refractivity contribution is -0.510. The van der Waals surface area contributed by atoms with Crippen molar-refractivity contribution in [3.05, 3.63) is 72.6 Å². The maximum absolute atomic E-state index is 2.28. The normalized spacial score (nSPS) is 11.4. The Kier molecular flexibility index (Phi) is 2.10. The maximum Gasteiger partial charge on any atom is 0.218 e. The first-order valence-electron chi connectivity index (χ1n) is 6.56. The summed E-state index contributed by atoms with van der Waals surface area (Å²) in [5.41, 5.74) is 2.63. The maximum atomic E-state index is 2.28. The first kappa shape index (κ1) is 10.5. The predicted molar refractivity (Wildman–Crippen MR) is 79.4 cm³/mol. The number of hydrogen-bond donors (Lipinski definition) is 0. The molecule has 0 aliphatic carbocycles. The van der Waals surface area contributed by atoms with Crippen molar-refractivity contribution >= 4 is 27.1 Å². The standard InChI is InChI=1S/C18H14N/c1-13-16-7-3-2-6-14(16)12-15-9-11-19-10-5-4-8-17(19)18(13)15/h2-12H,1H3/q+1. The average Bonchev–Trinajstić information content (AvgIpc) is 2.47. The lowest BCUT2D eigenvalue weighted by atomic mass is 9.97. The van der Waals surface area contributed by atoms with Crippen LogP contribution in [-0.2, 0) is 0 Å². The summed E-state index contributed by atoms with van der Waals surface area (Å²) < 4.78 is 2.18. The topological polar surface area (TPSA) is 4.10 Å². The van der Waals surface area contributed by atoms with Gasteiger partial charge < -0.3 is 0 Å². The molecule has 0 atom stereocenters. The van der Waals surface area contributed by atoms with Gasteiger partial charge in [-0.05, 0) is 40.8 Å². The second-order valence-electron chi connectivity index (χ2n) is 5.00. The van der Waals surface area contributed by atoms with E-state index in [1.54, 1.807) is 0 Å². The number of hydrogen-bond acceptors (Lipinski definition) is 0. The fourth-order valence-electron chi connectivity index (χ4n) is 2.99. The molecule has 1 heteroatoms. The van der Waals surface area contributed by atoms with Crippen LogP contribution in [0.3, 0.4) is 0 Å². The fourth-order valence-corrected chi connectivity index (χ4v) is 2.99. The Morgan fingerprint density at radius 2 is 1.63 bits per heavy atom. The zero-order chi connectivity index (χ0) is 12.8. The van der Waals surface area contributed by atoms with E-state index in [1.165, 1.54) is 32.6 Å². The molecule has 0 amide bonds. The van der Waals surface area contributed by atoms with Crippen molar-refractivity contribution in [2.24, 2.45) is 0 Å². The minimum Gasteiger partial charge on any atom is -0.167 e. The lowest BCUT2D eigenvalue weighted by Crippen LogP contribution is -2.20. The largest absolute Gasteiger partial charge is 0.218 e. The van der Waals surface area contributed by atoms with Gasteiger partial charge in [-0.25, -0.2) is 0 Å². The van der Waals surface area contributed by atoms with Crippen molar-refractivity contribution in [2.75, 3.05) is 0 Å². The second-order valence-corrected chi connectivity index (χ2v) is 5.00. The van der Waals surface area contributed by atoms with Crippen LogP contribution in [0.2, 0.25) is 0 Å². The molecule has 0 saturated heterocycles. The van der Waals surface area contributed by atoms with Crippen molar-refractivity contribution in [3.8, 4) is 0 Å². The third-order valence-corrected chi connectivity index (χ3v) is 3.90. The van der Waals surface area contributed by atoms with Gasteiger partial charge in [0.15, 0.2) is 12.4 Å². The van der Waals surface area contributed by atoms with E-state index in [2.05, 4.69) is 78.3 Å². The van der Waals surface area contributed by atoms with Crippen molar-refractivity contribution < 1.29 is 4.40 Å². The number of benzene rings is 2. The van der Waals surface area contributed by atoms with Crippen LogP contribution in [0.4, 0.5) is 0 Å². The molecule has 0 aliphatic heterocycles. The highest BCUT2D eigenvalue weighted by atomic mass is 14.8. The van der Waals surface area contributed by atoms with Crippen LogP contribution in [0.25, 0.3) is 27.1 Å². The van der Waals surface area contributed by atoms with Gasteiger partial charge in [-0.3, -0.25) is 0 Å². The summed E-state index contributed by atoms with van der Waals surface area (Å²) >= 11 is 0. The molecule has 90 valence electrons. The van der Waals surface area contributed by atoms with E-state index in [0.717, 1.165) is 0 Å². The van der Waals surface area contributed by atoms with Gasteiger partial charge in [0.2, 0.25) is 5.52 Å². The van der Waals surface area contributed by atoms with Gasteiger partial charge in [-0.2, -0.15) is 4.40 Å². The van der Waals surface area contributed by atoms with E-state index < -0.39 is 0 Å². The SMILES string of the molecule is Cc1c2ccccc2cc2cc[n+]3ccccc3c12. The van der Waals surface area contributed by atoms with Crippen LogP contribution in [-0.4, -0.2) is 0 Å². The smallest absolute Gasteiger partial charge is 0.167 e. The van der Waals surface area contributed by atoms with Crippen LogP contribution in [0.15, 0.2) is 67.0 Å². The third kappa shape index (κ3) is 1.45. The van der Waals surface area contributed by atoms with Crippen molar-refractivity contribution in [1.82, 2.24) is 0 Å². The summed E-state index contributed by atoms with van der Waals surface area (Å²) in [7, 11) is 0. The van der Waals surface area contributed by atoms with Crippen LogP contribution >= 0.6 is 0 Å². The summed E-state index contributed by atoms with van der Waals surface area (Å²) in [6, 6.07) is 19.4. The van der Waals surface area contributed by atoms with Crippen molar-refractivity contribution in [3.63, 3.8) is 0 Å². The molecular weight excluding hydrogens is 230 g/mol. The van der Waals surface area contributed by atoms with Crippen LogP contribution < -0.4 is 4.40 Å². The molecule has 0 N–H and O–H groups in total. The Hall–Kier alpha value is -2.41. The zero-order valence-electron chi connectivity index (χ0n) is 10.8. The molecule has 2 aromatic heterocycles. The molecule has 2 heterocycles. The highest BCUT2D eigenvalue weighted by Crippen LogP contribution is 2.29. The highest BCUT2D eigenvalue weighted by Gasteiger charge is 2.11. The lowest BCUT2D eigenvalue weighted by Gasteiger charge is -2.07. The second kappa shape index (κ2) is 3.79. The van der Waals surface area contributed by atoms with E-state index >= 15 is 0 Å². The number of rotatable bonds is 0. The highest BCUT2D eigenvalue weighted by molar-refractivity contribution is 6.07. The molecule has 0 unspecified atom stereocenters. The Bertz CT molecular complexity index is 922. The van der Waals surface area contributed by atoms with Gasteiger partial charge >= 0.3 is 0 Å². The molecule has 0 bridgehead atoms. The van der Waals surface area contributed by atoms with Crippen molar-refractivity contribution in [2.45, 2.75) is 6.92 Å². The molecule has 2 aromatic carbocycles. The summed E-state index contributed by atoms with van der Waals surface area (Å²) in [5, 5.41) is 5.31. The summed E-state index contributed by atoms with van der Waals surface area (Å²) in [6.45, 7) is 2.22. The fraction of sp³-hybridized carbons (Fsp3) is 0.0556. The Balaban J connectivity index is 2.33. The van der Waals surface area contributed by atoms with E-state index in [0.29, 0.717) is 0 Å². The molecular formula is C18H14N+. The number of fused-ring (bicyclic) bond motifs is 4. The monoisotopic (exact) mass is 244 g/mol. The Morgan fingerprint density at radius 1 is 0.789 bits per heavy atom. The van der Waals surface area contributed by atoms with E-state index in [4.69, 9.17) is 0 Å². The summed E-state index contributed by atoms with van der Waals surface area (Å²) in [4.78, 5) is 0. The molecule has 4 aromatic rings. The number of nitrogens with zero attached hydrogens (tertiary/aromatic N) is 1. The van der Waals surface area contributed by atoms with E-state index in [-0.39, 0.29) is 0 Å². The molecule has 0 saturated carbocycles. The Labute approximate surface area is 111 Å². The predicted octanol–water partition coefficient (Wildman–Crippen LogP) is 4.04. The van der Waals surface area contributed by atoms with Gasteiger partial charge in [0.05, 0.1) is 5.39 Å². The first-order valence-corrected chi connectivity index (χ1v) is 6.56. The van der Waals surface area contributed by atoms with Gasteiger partial charge in [-0.1, -0.05) is 24.3 Å². The van der Waals surface area contributed by atoms with Crippen LogP contribution in [0.1, 0.15) is 5.56 Å². The number of aromatic nitrogens is 1. The van der Waals surface area contributed by atoms with Gasteiger partial charge in [-0.15, -0.1) is 0 Å². The molecule has 19 heavy (non-hydrogen) atoms. The molecule has 0 radical (unpaired) electrons. The summed E-state index contributed by atoms with van der Waals surface area (Å²) in [5.74, 6) is 0. The molecule has 4 rings (SSSR count). The Morgan fingerprint density at radius 3 is 2.58 bits per heavy atom. The van der Waals surface area contributed by atoms with Gasteiger partial charge in [0, 0.05) is 18.2 Å². The van der Waals surface area contributed by atoms with Crippen molar-refractivity contribution in [1.29, 1.82) is 0 Å². The minimum absolute atomic E-state index is 1.27. The quantitative estimate of drug-likeness (QED) is 0.250. The third-order valence-electron chi connectivity index (χ3n) is 3.90. The molecule has 0 aliphatic rings. The number of pyridine rings is 2. The summed E-state index contributed by atoms with van der Waals surface area (Å²) in [6.07, 6.45) is 4.23. The average molecular weight is 244 g/mol. The van der Waals surface area contributed by atoms with E-state index in [1.807, 2.05) is 0 Å². The molecule has 0 fully saturated rings. The molecule has 0 spiro atoms. The number of aryl methyl sites for hydroxylation is 1.